The highest BCUT2D eigenvalue weighted by Crippen LogP contribution is 2.17. The van der Waals surface area contributed by atoms with Crippen molar-refractivity contribution in [2.24, 2.45) is 0 Å². The predicted molar refractivity (Wildman–Crippen MR) is 52.6 cm³/mol. The summed E-state index contributed by atoms with van der Waals surface area (Å²) in [4.78, 5) is 13.4. The van der Waals surface area contributed by atoms with Crippen LogP contribution in [-0.2, 0) is 17.6 Å². The summed E-state index contributed by atoms with van der Waals surface area (Å²) in [6.45, 7) is 5.55. The van der Waals surface area contributed by atoms with Gasteiger partial charge >= 0.3 is 0 Å². The van der Waals surface area contributed by atoms with Gasteiger partial charge in [0.2, 0.25) is 0 Å². The second-order valence-electron chi connectivity index (χ2n) is 2.57. The van der Waals surface area contributed by atoms with Gasteiger partial charge in [-0.05, 0) is 24.6 Å². The van der Waals surface area contributed by atoms with Crippen molar-refractivity contribution >= 4 is 17.1 Å². The van der Waals surface area contributed by atoms with Crippen LogP contribution in [0.1, 0.15) is 16.7 Å². The van der Waals surface area contributed by atoms with Crippen molar-refractivity contribution in [2.45, 2.75) is 19.8 Å². The molecule has 0 amide bonds. The average molecular weight is 180 g/mol. The van der Waals surface area contributed by atoms with Crippen LogP contribution in [0.25, 0.3) is 0 Å². The number of ketones is 1. The Hall–Kier alpha value is -0.890. The van der Waals surface area contributed by atoms with Crippen molar-refractivity contribution in [2.75, 3.05) is 0 Å². The predicted octanol–water partition coefficient (Wildman–Crippen LogP) is 2.61. The summed E-state index contributed by atoms with van der Waals surface area (Å²) in [6.07, 6.45) is 2.94. The maximum absolute atomic E-state index is 11.0. The molecule has 0 bridgehead atoms. The van der Waals surface area contributed by atoms with Gasteiger partial charge in [-0.25, -0.2) is 0 Å². The number of carbonyl (C=O) groups excluding carboxylic acids is 1. The highest BCUT2D eigenvalue weighted by atomic mass is 32.1. The van der Waals surface area contributed by atoms with Gasteiger partial charge in [0.15, 0.2) is 5.78 Å². The van der Waals surface area contributed by atoms with Crippen molar-refractivity contribution < 1.29 is 4.79 Å². The average Bonchev–Trinajstić information content (AvgIpc) is 2.52. The first-order valence-corrected chi connectivity index (χ1v) is 4.80. The third kappa shape index (κ3) is 2.31. The van der Waals surface area contributed by atoms with Crippen LogP contribution in [0.2, 0.25) is 0 Å². The van der Waals surface area contributed by atoms with Crippen molar-refractivity contribution in [1.29, 1.82) is 0 Å². The minimum atomic E-state index is 0.0968. The lowest BCUT2D eigenvalue weighted by atomic mass is 10.2. The molecular formula is C10H12OS. The van der Waals surface area contributed by atoms with Crippen molar-refractivity contribution in [1.82, 2.24) is 0 Å². The van der Waals surface area contributed by atoms with E-state index >= 15 is 0 Å². The molecule has 0 aliphatic heterocycles. The lowest BCUT2D eigenvalue weighted by Gasteiger charge is -1.89. The monoisotopic (exact) mass is 180 g/mol. The van der Waals surface area contributed by atoms with Gasteiger partial charge in [-0.1, -0.05) is 13.5 Å². The summed E-state index contributed by atoms with van der Waals surface area (Å²) >= 11 is 1.71. The molecule has 0 fully saturated rings. The van der Waals surface area contributed by atoms with Crippen LogP contribution >= 0.6 is 11.3 Å². The molecule has 0 atom stereocenters. The fourth-order valence-electron chi connectivity index (χ4n) is 0.951. The molecule has 64 valence electrons. The third-order valence-electron chi connectivity index (χ3n) is 1.64. The zero-order chi connectivity index (χ0) is 8.97. The van der Waals surface area contributed by atoms with Crippen molar-refractivity contribution in [3.8, 4) is 0 Å². The van der Waals surface area contributed by atoms with Crippen LogP contribution in [0.15, 0.2) is 24.8 Å². The Bertz CT molecular complexity index is 286. The molecule has 0 unspecified atom stereocenters. The van der Waals surface area contributed by atoms with E-state index in [2.05, 4.69) is 19.6 Å². The first kappa shape index (κ1) is 9.20. The molecule has 2 heteroatoms. The highest BCUT2D eigenvalue weighted by Gasteiger charge is 2.01. The summed E-state index contributed by atoms with van der Waals surface area (Å²) in [5, 5.41) is 0. The molecule has 1 nitrogen and oxygen atoms in total. The number of allylic oxidation sites excluding steroid dienone is 1. The molecule has 1 aromatic rings. The molecule has 1 aromatic heterocycles. The van der Waals surface area contributed by atoms with Crippen molar-refractivity contribution in [3.05, 3.63) is 34.5 Å². The van der Waals surface area contributed by atoms with Gasteiger partial charge in [-0.3, -0.25) is 4.79 Å². The van der Waals surface area contributed by atoms with E-state index in [1.165, 1.54) is 11.0 Å². The quantitative estimate of drug-likeness (QED) is 0.651. The highest BCUT2D eigenvalue weighted by molar-refractivity contribution is 7.12. The van der Waals surface area contributed by atoms with Gasteiger partial charge in [-0.15, -0.1) is 11.3 Å². The molecule has 12 heavy (non-hydrogen) atoms. The minimum absolute atomic E-state index is 0.0968. The number of rotatable bonds is 4. The molecule has 0 radical (unpaired) electrons. The van der Waals surface area contributed by atoms with E-state index in [-0.39, 0.29) is 5.78 Å². The van der Waals surface area contributed by atoms with Crippen LogP contribution < -0.4 is 0 Å². The summed E-state index contributed by atoms with van der Waals surface area (Å²) in [6, 6.07) is 4.10. The van der Waals surface area contributed by atoms with E-state index in [0.29, 0.717) is 6.42 Å². The van der Waals surface area contributed by atoms with Crippen LogP contribution in [0, 0.1) is 0 Å². The Labute approximate surface area is 76.7 Å². The summed E-state index contributed by atoms with van der Waals surface area (Å²) in [5.41, 5.74) is 0. The summed E-state index contributed by atoms with van der Waals surface area (Å²) in [7, 11) is 0. The zero-order valence-corrected chi connectivity index (χ0v) is 7.99. The largest absolute Gasteiger partial charge is 0.294 e. The molecule has 0 aliphatic carbocycles. The topological polar surface area (TPSA) is 17.1 Å². The Morgan fingerprint density at radius 3 is 2.75 bits per heavy atom. The molecular weight excluding hydrogens is 168 g/mol. The van der Waals surface area contributed by atoms with E-state index in [1.807, 2.05) is 6.07 Å². The lowest BCUT2D eigenvalue weighted by Crippen LogP contribution is -1.94. The molecule has 1 heterocycles. The normalized spacial score (nSPS) is 9.75. The molecule has 0 N–H and O–H groups in total. The zero-order valence-electron chi connectivity index (χ0n) is 7.17. The Balaban J connectivity index is 2.63. The number of aryl methyl sites for hydroxylation is 1. The van der Waals surface area contributed by atoms with Gasteiger partial charge in [-0.2, -0.15) is 0 Å². The SMILES string of the molecule is C=CC(=O)Cc1ccc(CC)s1. The van der Waals surface area contributed by atoms with E-state index in [4.69, 9.17) is 0 Å². The molecule has 0 saturated carbocycles. The maximum Gasteiger partial charge on any atom is 0.160 e. The lowest BCUT2D eigenvalue weighted by molar-refractivity contribution is -0.113. The number of hydrogen-bond donors (Lipinski definition) is 0. The minimum Gasteiger partial charge on any atom is -0.294 e. The van der Waals surface area contributed by atoms with Crippen LogP contribution in [0.3, 0.4) is 0 Å². The van der Waals surface area contributed by atoms with Gasteiger partial charge < -0.3 is 0 Å². The number of carbonyl (C=O) groups is 1. The van der Waals surface area contributed by atoms with E-state index in [1.54, 1.807) is 11.3 Å². The van der Waals surface area contributed by atoms with E-state index < -0.39 is 0 Å². The van der Waals surface area contributed by atoms with Gasteiger partial charge in [0, 0.05) is 16.2 Å². The fourth-order valence-corrected chi connectivity index (χ4v) is 1.92. The van der Waals surface area contributed by atoms with E-state index in [9.17, 15) is 4.79 Å². The molecule has 0 aliphatic rings. The first-order valence-electron chi connectivity index (χ1n) is 3.99. The van der Waals surface area contributed by atoms with Crippen LogP contribution in [0.4, 0.5) is 0 Å². The fraction of sp³-hybridized carbons (Fsp3) is 0.300. The Morgan fingerprint density at radius 2 is 2.25 bits per heavy atom. The summed E-state index contributed by atoms with van der Waals surface area (Å²) in [5.74, 6) is 0.0968. The summed E-state index contributed by atoms with van der Waals surface area (Å²) < 4.78 is 0. The number of hydrogen-bond acceptors (Lipinski definition) is 2. The second-order valence-corrected chi connectivity index (χ2v) is 3.82. The van der Waals surface area contributed by atoms with E-state index in [0.717, 1.165) is 11.3 Å². The van der Waals surface area contributed by atoms with Crippen LogP contribution in [-0.4, -0.2) is 5.78 Å². The van der Waals surface area contributed by atoms with Crippen molar-refractivity contribution in [3.63, 3.8) is 0 Å². The Morgan fingerprint density at radius 1 is 1.58 bits per heavy atom. The molecule has 0 saturated heterocycles. The molecule has 1 rings (SSSR count). The first-order chi connectivity index (χ1) is 5.76. The standard InChI is InChI=1S/C10H12OS/c1-3-8(11)7-10-6-5-9(4-2)12-10/h3,5-6H,1,4,7H2,2H3. The molecule has 0 aromatic carbocycles. The Kier molecular flexibility index (Phi) is 3.23. The van der Waals surface area contributed by atoms with Gasteiger partial charge in [0.05, 0.1) is 0 Å². The molecule has 0 spiro atoms. The second kappa shape index (κ2) is 4.21. The third-order valence-corrected chi connectivity index (χ3v) is 2.87. The van der Waals surface area contributed by atoms with Gasteiger partial charge in [0.1, 0.15) is 0 Å². The van der Waals surface area contributed by atoms with Crippen LogP contribution in [0.5, 0.6) is 0 Å². The maximum atomic E-state index is 11.0. The number of thiophene rings is 1. The van der Waals surface area contributed by atoms with Gasteiger partial charge in [0.25, 0.3) is 0 Å². The smallest absolute Gasteiger partial charge is 0.160 e.